The van der Waals surface area contributed by atoms with E-state index in [1.165, 1.54) is 0 Å². The molecule has 1 rings (SSSR count). The Bertz CT molecular complexity index is 432. The lowest BCUT2D eigenvalue weighted by Crippen LogP contribution is -2.39. The van der Waals surface area contributed by atoms with Crippen molar-refractivity contribution in [3.8, 4) is 0 Å². The van der Waals surface area contributed by atoms with Crippen LogP contribution in [0, 0.1) is 0 Å². The van der Waals surface area contributed by atoms with Crippen LogP contribution in [-0.4, -0.2) is 45.8 Å². The minimum Gasteiger partial charge on any atom is -0.395 e. The summed E-state index contributed by atoms with van der Waals surface area (Å²) in [7, 11) is 0. The molecule has 1 aromatic rings. The molecule has 1 atom stereocenters. The molecule has 21 heavy (non-hydrogen) atoms. The Labute approximate surface area is 132 Å². The van der Waals surface area contributed by atoms with E-state index >= 15 is 0 Å². The van der Waals surface area contributed by atoms with Crippen LogP contribution in [0.3, 0.4) is 0 Å². The fraction of sp³-hybridized carbons (Fsp3) is 0.562. The topological polar surface area (TPSA) is 69.7 Å². The number of hydrogen-bond acceptors (Lipinski definition) is 4. The van der Waals surface area contributed by atoms with Crippen LogP contribution in [0.5, 0.6) is 0 Å². The van der Waals surface area contributed by atoms with Gasteiger partial charge in [0.05, 0.1) is 12.7 Å². The minimum atomic E-state index is -0.586. The van der Waals surface area contributed by atoms with E-state index in [1.54, 1.807) is 0 Å². The van der Waals surface area contributed by atoms with Crippen molar-refractivity contribution in [2.45, 2.75) is 38.8 Å². The number of benzene rings is 1. The highest BCUT2D eigenvalue weighted by atomic mass is 32.1. The van der Waals surface area contributed by atoms with Crippen molar-refractivity contribution in [1.29, 1.82) is 0 Å². The largest absolute Gasteiger partial charge is 0.395 e. The Kier molecular flexibility index (Phi) is 7.82. The van der Waals surface area contributed by atoms with Crippen LogP contribution in [0.2, 0.25) is 0 Å². The molecule has 4 N–H and O–H groups in total. The molecular weight excluding hydrogens is 284 g/mol. The lowest BCUT2D eigenvalue weighted by molar-refractivity contribution is 0.0698. The molecule has 5 heteroatoms. The Hall–Kier alpha value is -1.01. The van der Waals surface area contributed by atoms with Gasteiger partial charge in [-0.3, -0.25) is 4.90 Å². The van der Waals surface area contributed by atoms with E-state index in [4.69, 9.17) is 18.0 Å². The highest BCUT2D eigenvalue weighted by Gasteiger charge is 2.19. The quantitative estimate of drug-likeness (QED) is 0.607. The first-order chi connectivity index (χ1) is 10.0. The molecule has 118 valence electrons. The maximum absolute atomic E-state index is 10.4. The van der Waals surface area contributed by atoms with Crippen molar-refractivity contribution in [3.05, 3.63) is 35.4 Å². The number of thiocarbonyl (C=S) groups is 1. The monoisotopic (exact) mass is 310 g/mol. The summed E-state index contributed by atoms with van der Waals surface area (Å²) in [5.74, 6) is 0. The molecule has 4 nitrogen and oxygen atoms in total. The molecule has 0 heterocycles. The molecule has 1 aromatic carbocycles. The van der Waals surface area contributed by atoms with Crippen LogP contribution in [0.25, 0.3) is 0 Å². The smallest absolute Gasteiger partial charge is 0.103 e. The van der Waals surface area contributed by atoms with E-state index in [-0.39, 0.29) is 6.61 Å². The van der Waals surface area contributed by atoms with E-state index in [0.717, 1.165) is 24.0 Å². The molecule has 0 bridgehead atoms. The second-order valence-corrected chi connectivity index (χ2v) is 5.63. The Morgan fingerprint density at radius 1 is 1.24 bits per heavy atom. The zero-order chi connectivity index (χ0) is 15.8. The predicted molar refractivity (Wildman–Crippen MR) is 90.3 cm³/mol. The van der Waals surface area contributed by atoms with Gasteiger partial charge in [-0.1, -0.05) is 50.3 Å². The summed E-state index contributed by atoms with van der Waals surface area (Å²) in [5, 5.41) is 19.6. The second kappa shape index (κ2) is 9.10. The molecular formula is C16H26N2O2S. The maximum atomic E-state index is 10.4. The van der Waals surface area contributed by atoms with Crippen LogP contribution in [0.1, 0.15) is 43.9 Å². The Balaban J connectivity index is 2.76. The van der Waals surface area contributed by atoms with Gasteiger partial charge in [-0.25, -0.2) is 0 Å². The molecule has 0 saturated carbocycles. The number of rotatable bonds is 9. The summed E-state index contributed by atoms with van der Waals surface area (Å²) < 4.78 is 0. The van der Waals surface area contributed by atoms with E-state index in [9.17, 15) is 10.2 Å². The van der Waals surface area contributed by atoms with E-state index < -0.39 is 6.10 Å². The van der Waals surface area contributed by atoms with Gasteiger partial charge in [-0.15, -0.1) is 0 Å². The van der Waals surface area contributed by atoms with Gasteiger partial charge >= 0.3 is 0 Å². The van der Waals surface area contributed by atoms with Gasteiger partial charge in [-0.2, -0.15) is 0 Å². The second-order valence-electron chi connectivity index (χ2n) is 5.19. The molecule has 0 spiro atoms. The van der Waals surface area contributed by atoms with Gasteiger partial charge in [0, 0.05) is 24.7 Å². The number of nitrogens with zero attached hydrogens (tertiary/aromatic N) is 1. The summed E-state index contributed by atoms with van der Waals surface area (Å²) in [5.41, 5.74) is 7.21. The normalized spacial score (nSPS) is 12.9. The van der Waals surface area contributed by atoms with Crippen molar-refractivity contribution in [3.63, 3.8) is 0 Å². The van der Waals surface area contributed by atoms with Crippen LogP contribution >= 0.6 is 12.2 Å². The lowest BCUT2D eigenvalue weighted by Gasteiger charge is -2.31. The third-order valence-corrected chi connectivity index (χ3v) is 4.07. The summed E-state index contributed by atoms with van der Waals surface area (Å²) in [4.78, 5) is 2.50. The highest BCUT2D eigenvalue weighted by molar-refractivity contribution is 7.80. The van der Waals surface area contributed by atoms with Gasteiger partial charge in [-0.05, 0) is 18.4 Å². The maximum Gasteiger partial charge on any atom is 0.103 e. The summed E-state index contributed by atoms with van der Waals surface area (Å²) in [6.07, 6.45) is 1.42. The summed E-state index contributed by atoms with van der Waals surface area (Å²) in [6, 6.07) is 7.73. The molecule has 0 radical (unpaired) electrons. The summed E-state index contributed by atoms with van der Waals surface area (Å²) >= 11 is 4.92. The minimum absolute atomic E-state index is 0.101. The van der Waals surface area contributed by atoms with Gasteiger partial charge in [0.2, 0.25) is 0 Å². The fourth-order valence-electron chi connectivity index (χ4n) is 2.55. The van der Waals surface area contributed by atoms with Crippen molar-refractivity contribution in [2.24, 2.45) is 5.73 Å². The van der Waals surface area contributed by atoms with Gasteiger partial charge in [0.25, 0.3) is 0 Å². The van der Waals surface area contributed by atoms with Crippen LogP contribution < -0.4 is 5.73 Å². The molecule has 1 unspecified atom stereocenters. The zero-order valence-corrected chi connectivity index (χ0v) is 13.6. The molecule has 0 saturated heterocycles. The predicted octanol–water partition coefficient (Wildman–Crippen LogP) is 1.84. The molecule has 0 aliphatic rings. The first-order valence-electron chi connectivity index (χ1n) is 7.46. The van der Waals surface area contributed by atoms with E-state index in [0.29, 0.717) is 24.1 Å². The average Bonchev–Trinajstić information content (AvgIpc) is 2.48. The number of aliphatic hydroxyl groups is 2. The van der Waals surface area contributed by atoms with Crippen molar-refractivity contribution in [1.82, 2.24) is 4.90 Å². The van der Waals surface area contributed by atoms with Crippen molar-refractivity contribution in [2.75, 3.05) is 19.7 Å². The first-order valence-corrected chi connectivity index (χ1v) is 7.87. The van der Waals surface area contributed by atoms with Crippen LogP contribution in [0.4, 0.5) is 0 Å². The third kappa shape index (κ3) is 5.36. The summed E-state index contributed by atoms with van der Waals surface area (Å²) in [6.45, 7) is 5.45. The standard InChI is InChI=1S/C16H26N2O2S/c1-3-14(4-2)18(9-10-19)11-15(20)12-5-7-13(8-6-12)16(17)21/h5-8,14-15,19-20H,3-4,9-11H2,1-2H3,(H2,17,21). The number of nitrogens with two attached hydrogens (primary N) is 1. The van der Waals surface area contributed by atoms with E-state index in [1.807, 2.05) is 24.3 Å². The zero-order valence-electron chi connectivity index (χ0n) is 12.8. The van der Waals surface area contributed by atoms with Crippen molar-refractivity contribution >= 4 is 17.2 Å². The van der Waals surface area contributed by atoms with Crippen molar-refractivity contribution < 1.29 is 10.2 Å². The number of aliphatic hydroxyl groups excluding tert-OH is 2. The van der Waals surface area contributed by atoms with Gasteiger partial charge in [0.15, 0.2) is 0 Å². The number of hydrogen-bond donors (Lipinski definition) is 3. The SMILES string of the molecule is CCC(CC)N(CCO)CC(O)c1ccc(C(N)=S)cc1. The van der Waals surface area contributed by atoms with Crippen LogP contribution in [0.15, 0.2) is 24.3 Å². The highest BCUT2D eigenvalue weighted by Crippen LogP contribution is 2.18. The molecule has 0 fully saturated rings. The Morgan fingerprint density at radius 3 is 2.24 bits per heavy atom. The molecule has 0 aliphatic carbocycles. The molecule has 0 aliphatic heterocycles. The lowest BCUT2D eigenvalue weighted by atomic mass is 10.0. The van der Waals surface area contributed by atoms with Gasteiger partial charge in [0.1, 0.15) is 4.99 Å². The Morgan fingerprint density at radius 2 is 1.81 bits per heavy atom. The third-order valence-electron chi connectivity index (χ3n) is 3.83. The average molecular weight is 310 g/mol. The molecule has 0 amide bonds. The van der Waals surface area contributed by atoms with Crippen LogP contribution in [-0.2, 0) is 0 Å². The fourth-order valence-corrected chi connectivity index (χ4v) is 2.69. The first kappa shape index (κ1) is 18.0. The van der Waals surface area contributed by atoms with Gasteiger partial charge < -0.3 is 15.9 Å². The van der Waals surface area contributed by atoms with E-state index in [2.05, 4.69) is 18.7 Å². The molecule has 0 aromatic heterocycles.